The van der Waals surface area contributed by atoms with Crippen LogP contribution in [0.2, 0.25) is 0 Å². The lowest BCUT2D eigenvalue weighted by Gasteiger charge is -2.17. The van der Waals surface area contributed by atoms with E-state index in [0.29, 0.717) is 5.37 Å². The van der Waals surface area contributed by atoms with Gasteiger partial charge in [-0.05, 0) is 19.4 Å². The number of hydrogen-bond acceptors (Lipinski definition) is 2. The first kappa shape index (κ1) is 14.3. The van der Waals surface area contributed by atoms with Crippen LogP contribution < -0.4 is 5.32 Å². The minimum atomic E-state index is 0.404. The zero-order chi connectivity index (χ0) is 15.8. The molecule has 2 nitrogen and oxygen atoms in total. The van der Waals surface area contributed by atoms with Crippen LogP contribution in [0.15, 0.2) is 72.6 Å². The summed E-state index contributed by atoms with van der Waals surface area (Å²) in [5, 5.41) is 4.07. The van der Waals surface area contributed by atoms with Gasteiger partial charge < -0.3 is 0 Å². The maximum atomic E-state index is 3.67. The normalized spacial score (nSPS) is 20.3. The third-order valence-electron chi connectivity index (χ3n) is 4.22. The topological polar surface area (TPSA) is 15.0 Å². The van der Waals surface area contributed by atoms with E-state index in [0.717, 1.165) is 5.70 Å². The number of benzene rings is 2. The second-order valence-corrected chi connectivity index (χ2v) is 7.15. The van der Waals surface area contributed by atoms with Crippen molar-refractivity contribution in [3.63, 3.8) is 0 Å². The SMILES string of the molecule is CC1=[N+]2C(=C(c3ccccc3)SC2C)NC(c2ccccc2)=C1. The van der Waals surface area contributed by atoms with Crippen LogP contribution in [0.4, 0.5) is 0 Å². The minimum Gasteiger partial charge on any atom is -0.239 e. The fourth-order valence-electron chi connectivity index (χ4n) is 3.16. The van der Waals surface area contributed by atoms with E-state index in [-0.39, 0.29) is 0 Å². The number of nitrogens with zero attached hydrogens (tertiary/aromatic N) is 1. The molecule has 114 valence electrons. The van der Waals surface area contributed by atoms with E-state index in [1.165, 1.54) is 27.6 Å². The van der Waals surface area contributed by atoms with Gasteiger partial charge in [-0.25, -0.2) is 9.89 Å². The van der Waals surface area contributed by atoms with E-state index in [1.807, 2.05) is 11.8 Å². The third kappa shape index (κ3) is 2.51. The van der Waals surface area contributed by atoms with E-state index >= 15 is 0 Å². The highest BCUT2D eigenvalue weighted by atomic mass is 32.2. The molecule has 0 bridgehead atoms. The second kappa shape index (κ2) is 5.74. The molecule has 0 amide bonds. The van der Waals surface area contributed by atoms with Crippen LogP contribution in [0.25, 0.3) is 10.6 Å². The summed E-state index contributed by atoms with van der Waals surface area (Å²) in [6, 6.07) is 21.1. The molecule has 3 heteroatoms. The van der Waals surface area contributed by atoms with Crippen molar-refractivity contribution >= 4 is 28.1 Å². The summed E-state index contributed by atoms with van der Waals surface area (Å²) in [5.41, 5.74) is 4.94. The molecule has 0 radical (unpaired) electrons. The van der Waals surface area contributed by atoms with E-state index in [1.54, 1.807) is 0 Å². The molecule has 0 saturated heterocycles. The Balaban J connectivity index is 1.84. The smallest absolute Gasteiger partial charge is 0.239 e. The standard InChI is InChI=1S/C20H18N2S/c1-14-13-18(16-9-5-3-6-10-16)21-20-19(23-15(2)22(14)20)17-11-7-4-8-12-17/h3-13,15H,1-2H3/p+1. The summed E-state index contributed by atoms with van der Waals surface area (Å²) in [6.45, 7) is 4.45. The maximum absolute atomic E-state index is 3.67. The Bertz CT molecular complexity index is 832. The molecule has 0 fully saturated rings. The second-order valence-electron chi connectivity index (χ2n) is 5.82. The first-order valence-corrected chi connectivity index (χ1v) is 8.75. The summed E-state index contributed by atoms with van der Waals surface area (Å²) < 4.78 is 2.39. The van der Waals surface area contributed by atoms with Crippen molar-refractivity contribution < 1.29 is 4.58 Å². The van der Waals surface area contributed by atoms with Crippen LogP contribution in [0, 0.1) is 0 Å². The summed E-state index contributed by atoms with van der Waals surface area (Å²) in [5.74, 6) is 1.20. The van der Waals surface area contributed by atoms with Gasteiger partial charge >= 0.3 is 0 Å². The fraction of sp³-hybridized carbons (Fsp3) is 0.150. The average Bonchev–Trinajstić information content (AvgIpc) is 2.94. The highest BCUT2D eigenvalue weighted by Gasteiger charge is 2.38. The van der Waals surface area contributed by atoms with Crippen LogP contribution in [-0.2, 0) is 0 Å². The zero-order valence-electron chi connectivity index (χ0n) is 13.3. The van der Waals surface area contributed by atoms with Gasteiger partial charge in [-0.3, -0.25) is 0 Å². The van der Waals surface area contributed by atoms with Gasteiger partial charge in [-0.2, -0.15) is 0 Å². The Labute approximate surface area is 141 Å². The van der Waals surface area contributed by atoms with Crippen molar-refractivity contribution in [1.82, 2.24) is 5.32 Å². The average molecular weight is 319 g/mol. The van der Waals surface area contributed by atoms with Gasteiger partial charge in [-0.15, -0.1) is 0 Å². The molecule has 1 unspecified atom stereocenters. The molecular formula is C20H19N2S+. The first-order valence-electron chi connectivity index (χ1n) is 7.87. The van der Waals surface area contributed by atoms with E-state index in [2.05, 4.69) is 90.5 Å². The van der Waals surface area contributed by atoms with Crippen molar-refractivity contribution in [2.45, 2.75) is 19.2 Å². The molecule has 0 spiro atoms. The lowest BCUT2D eigenvalue weighted by atomic mass is 10.1. The first-order chi connectivity index (χ1) is 11.2. The number of hydrogen-bond donors (Lipinski definition) is 1. The van der Waals surface area contributed by atoms with E-state index in [9.17, 15) is 0 Å². The number of thioether (sulfide) groups is 1. The lowest BCUT2D eigenvalue weighted by Crippen LogP contribution is -2.32. The van der Waals surface area contributed by atoms with Gasteiger partial charge in [0.25, 0.3) is 5.82 Å². The Hall–Kier alpha value is -2.26. The maximum Gasteiger partial charge on any atom is 0.295 e. The molecule has 1 N–H and O–H groups in total. The predicted octanol–water partition coefficient (Wildman–Crippen LogP) is 4.52. The molecule has 0 aliphatic carbocycles. The summed E-state index contributed by atoms with van der Waals surface area (Å²) in [6.07, 6.45) is 2.24. The van der Waals surface area contributed by atoms with Crippen molar-refractivity contribution in [2.75, 3.05) is 0 Å². The summed E-state index contributed by atoms with van der Waals surface area (Å²) in [4.78, 5) is 1.32. The highest BCUT2D eigenvalue weighted by molar-refractivity contribution is 8.08. The van der Waals surface area contributed by atoms with Gasteiger partial charge in [0, 0.05) is 11.6 Å². The van der Waals surface area contributed by atoms with Crippen molar-refractivity contribution in [1.29, 1.82) is 0 Å². The summed E-state index contributed by atoms with van der Waals surface area (Å²) in [7, 11) is 0. The Kier molecular flexibility index (Phi) is 3.58. The van der Waals surface area contributed by atoms with Gasteiger partial charge in [-0.1, -0.05) is 72.4 Å². The largest absolute Gasteiger partial charge is 0.295 e. The van der Waals surface area contributed by atoms with E-state index < -0.39 is 0 Å². The summed E-state index contributed by atoms with van der Waals surface area (Å²) >= 11 is 1.91. The zero-order valence-corrected chi connectivity index (χ0v) is 14.1. The van der Waals surface area contributed by atoms with Gasteiger partial charge in [0.1, 0.15) is 21.7 Å². The Morgan fingerprint density at radius 3 is 2.17 bits per heavy atom. The molecule has 23 heavy (non-hydrogen) atoms. The number of fused-ring (bicyclic) bond motifs is 1. The van der Waals surface area contributed by atoms with Crippen molar-refractivity contribution in [3.05, 3.63) is 83.7 Å². The molecule has 2 aliphatic rings. The lowest BCUT2D eigenvalue weighted by molar-refractivity contribution is -0.488. The molecule has 2 heterocycles. The van der Waals surface area contributed by atoms with Crippen LogP contribution in [0.3, 0.4) is 0 Å². The van der Waals surface area contributed by atoms with Crippen molar-refractivity contribution in [3.8, 4) is 0 Å². The third-order valence-corrected chi connectivity index (χ3v) is 5.43. The molecular weight excluding hydrogens is 300 g/mol. The molecule has 2 aromatic carbocycles. The molecule has 0 aromatic heterocycles. The van der Waals surface area contributed by atoms with E-state index in [4.69, 9.17) is 0 Å². The van der Waals surface area contributed by atoms with Crippen LogP contribution >= 0.6 is 11.8 Å². The molecule has 2 aliphatic heterocycles. The van der Waals surface area contributed by atoms with Crippen LogP contribution in [0.5, 0.6) is 0 Å². The predicted molar refractivity (Wildman–Crippen MR) is 98.9 cm³/mol. The number of nitrogens with one attached hydrogen (secondary N) is 1. The highest BCUT2D eigenvalue weighted by Crippen LogP contribution is 2.42. The van der Waals surface area contributed by atoms with Crippen LogP contribution in [0.1, 0.15) is 25.0 Å². The molecule has 0 saturated carbocycles. The monoisotopic (exact) mass is 319 g/mol. The Morgan fingerprint density at radius 1 is 0.913 bits per heavy atom. The van der Waals surface area contributed by atoms with Crippen molar-refractivity contribution in [2.24, 2.45) is 0 Å². The van der Waals surface area contributed by atoms with Gasteiger partial charge in [0.15, 0.2) is 0 Å². The Morgan fingerprint density at radius 2 is 1.52 bits per heavy atom. The van der Waals surface area contributed by atoms with Gasteiger partial charge in [0.05, 0.1) is 0 Å². The number of rotatable bonds is 2. The molecule has 4 rings (SSSR count). The van der Waals surface area contributed by atoms with Gasteiger partial charge in [0.2, 0.25) is 0 Å². The van der Waals surface area contributed by atoms with Crippen LogP contribution in [-0.4, -0.2) is 15.7 Å². The number of allylic oxidation sites excluding steroid dienone is 1. The molecule has 2 aromatic rings. The minimum absolute atomic E-state index is 0.404. The quantitative estimate of drug-likeness (QED) is 0.818. The fourth-order valence-corrected chi connectivity index (χ4v) is 4.41. The molecule has 1 atom stereocenters.